The van der Waals surface area contributed by atoms with Crippen molar-refractivity contribution in [3.8, 4) is 11.6 Å². The zero-order chi connectivity index (χ0) is 16.8. The summed E-state index contributed by atoms with van der Waals surface area (Å²) in [5.41, 5.74) is 0.552. The second-order valence-electron chi connectivity index (χ2n) is 4.85. The molecule has 124 valence electrons. The Morgan fingerprint density at radius 3 is 2.74 bits per heavy atom. The number of halogens is 1. The third kappa shape index (κ3) is 4.35. The Hall–Kier alpha value is -2.77. The highest BCUT2D eigenvalue weighted by atomic mass is 19.1. The molecule has 0 saturated carbocycles. The van der Waals surface area contributed by atoms with Gasteiger partial charge < -0.3 is 19.4 Å². The highest BCUT2D eigenvalue weighted by Crippen LogP contribution is 2.25. The van der Waals surface area contributed by atoms with Gasteiger partial charge in [-0.25, -0.2) is 9.18 Å². The summed E-state index contributed by atoms with van der Waals surface area (Å²) in [6, 6.07) is 6.06. The minimum atomic E-state index is -1.04. The lowest BCUT2D eigenvalue weighted by Crippen LogP contribution is -2.15. The van der Waals surface area contributed by atoms with Gasteiger partial charge in [-0.05, 0) is 26.0 Å². The van der Waals surface area contributed by atoms with Gasteiger partial charge in [-0.3, -0.25) is 0 Å². The van der Waals surface area contributed by atoms with Crippen LogP contribution in [0.4, 0.5) is 4.39 Å². The lowest BCUT2D eigenvalue weighted by atomic mass is 10.1. The minimum absolute atomic E-state index is 0.101. The molecule has 0 saturated heterocycles. The first-order valence-electron chi connectivity index (χ1n) is 6.90. The van der Waals surface area contributed by atoms with E-state index in [0.29, 0.717) is 10.4 Å². The number of carbonyl (C=O) groups excluding carboxylic acids is 1. The highest BCUT2D eigenvalue weighted by Gasteiger charge is 2.19. The Balaban J connectivity index is 2.26. The molecule has 0 atom stereocenters. The van der Waals surface area contributed by atoms with Gasteiger partial charge >= 0.3 is 5.97 Å². The van der Waals surface area contributed by atoms with Gasteiger partial charge in [0.2, 0.25) is 12.7 Å². The van der Waals surface area contributed by atoms with E-state index in [0.717, 1.165) is 0 Å². The van der Waals surface area contributed by atoms with E-state index in [4.69, 9.17) is 19.4 Å². The van der Waals surface area contributed by atoms with E-state index in [-0.39, 0.29) is 29.9 Å². The smallest absolute Gasteiger partial charge is 0.338 e. The predicted octanol–water partition coefficient (Wildman–Crippen LogP) is 2.57. The molecule has 1 N–H and O–H groups in total. The van der Waals surface area contributed by atoms with Crippen molar-refractivity contribution in [3.63, 3.8) is 0 Å². The van der Waals surface area contributed by atoms with E-state index in [1.54, 1.807) is 26.0 Å². The fourth-order valence-electron chi connectivity index (χ4n) is 1.90. The molecule has 1 heterocycles. The molecular weight excluding hydrogens is 307 g/mol. The number of nitrogens with zero attached hydrogens (tertiary/aromatic N) is 2. The van der Waals surface area contributed by atoms with E-state index >= 15 is 0 Å². The quantitative estimate of drug-likeness (QED) is 0.622. The zero-order valence-corrected chi connectivity index (χ0v) is 12.7. The molecule has 8 heteroatoms. The number of hydrogen-bond acceptors (Lipinski definition) is 6. The van der Waals surface area contributed by atoms with Crippen LogP contribution in [0.25, 0.3) is 0 Å². The molecular formula is C15H17FN2O5. The lowest BCUT2D eigenvalue weighted by molar-refractivity contribution is 0.0373. The van der Waals surface area contributed by atoms with Crippen molar-refractivity contribution in [2.24, 2.45) is 0 Å². The van der Waals surface area contributed by atoms with E-state index in [9.17, 15) is 9.18 Å². The van der Waals surface area contributed by atoms with Gasteiger partial charge in [-0.1, -0.05) is 11.2 Å². The van der Waals surface area contributed by atoms with E-state index < -0.39 is 12.8 Å². The van der Waals surface area contributed by atoms with Crippen molar-refractivity contribution >= 4 is 5.97 Å². The van der Waals surface area contributed by atoms with Crippen molar-refractivity contribution in [1.82, 2.24) is 9.94 Å². The van der Waals surface area contributed by atoms with Crippen LogP contribution in [0.15, 0.2) is 30.5 Å². The number of aromatic nitrogens is 2. The van der Waals surface area contributed by atoms with Gasteiger partial charge in [-0.2, -0.15) is 0 Å². The van der Waals surface area contributed by atoms with Crippen LogP contribution in [0.5, 0.6) is 11.6 Å². The molecule has 23 heavy (non-hydrogen) atoms. The van der Waals surface area contributed by atoms with Gasteiger partial charge in [0.15, 0.2) is 0 Å². The van der Waals surface area contributed by atoms with E-state index in [1.165, 1.54) is 18.3 Å². The molecule has 0 fully saturated rings. The zero-order valence-electron chi connectivity index (χ0n) is 12.7. The average molecular weight is 324 g/mol. The summed E-state index contributed by atoms with van der Waals surface area (Å²) in [5.74, 6) is -0.240. The summed E-state index contributed by atoms with van der Waals surface area (Å²) >= 11 is 0. The molecule has 1 aromatic carbocycles. The van der Waals surface area contributed by atoms with Crippen LogP contribution in [0.3, 0.4) is 0 Å². The van der Waals surface area contributed by atoms with E-state index in [1.807, 2.05) is 0 Å². The van der Waals surface area contributed by atoms with Gasteiger partial charge in [0, 0.05) is 11.6 Å². The van der Waals surface area contributed by atoms with Crippen molar-refractivity contribution in [1.29, 1.82) is 0 Å². The van der Waals surface area contributed by atoms with Crippen molar-refractivity contribution < 1.29 is 28.6 Å². The van der Waals surface area contributed by atoms with Crippen LogP contribution in [-0.2, 0) is 11.3 Å². The molecule has 2 aromatic rings. The molecule has 0 amide bonds. The second kappa shape index (κ2) is 7.48. The maximum atomic E-state index is 12.5. The van der Waals surface area contributed by atoms with Gasteiger partial charge in [-0.15, -0.1) is 4.85 Å². The van der Waals surface area contributed by atoms with E-state index in [2.05, 4.69) is 5.10 Å². The Morgan fingerprint density at radius 1 is 1.35 bits per heavy atom. The van der Waals surface area contributed by atoms with Gasteiger partial charge in [0.05, 0.1) is 17.9 Å². The number of ether oxygens (including phenoxy) is 3. The first kappa shape index (κ1) is 16.6. The number of hydrogen-bond donors (Lipinski definition) is 1. The number of benzene rings is 1. The Bertz CT molecular complexity index is 672. The SMILES string of the molecule is CC(C)OC(=O)c1cccc(OCF)c1COc1ccn(O)n1. The van der Waals surface area contributed by atoms with Crippen LogP contribution in [0.1, 0.15) is 29.8 Å². The third-order valence-electron chi connectivity index (χ3n) is 2.82. The summed E-state index contributed by atoms with van der Waals surface area (Å²) in [4.78, 5) is 12.8. The molecule has 2 rings (SSSR count). The third-order valence-corrected chi connectivity index (χ3v) is 2.82. The second-order valence-corrected chi connectivity index (χ2v) is 4.85. The fourth-order valence-corrected chi connectivity index (χ4v) is 1.90. The highest BCUT2D eigenvalue weighted by molar-refractivity contribution is 5.92. The molecule has 7 nitrogen and oxygen atoms in total. The lowest BCUT2D eigenvalue weighted by Gasteiger charge is -2.15. The number of carbonyl (C=O) groups is 1. The van der Waals surface area contributed by atoms with Crippen LogP contribution in [0, 0.1) is 0 Å². The first-order chi connectivity index (χ1) is 11.0. The molecule has 0 aliphatic carbocycles. The maximum absolute atomic E-state index is 12.5. The monoisotopic (exact) mass is 324 g/mol. The summed E-state index contributed by atoms with van der Waals surface area (Å²) in [7, 11) is 0. The summed E-state index contributed by atoms with van der Waals surface area (Å²) in [6.07, 6.45) is 0.986. The summed E-state index contributed by atoms with van der Waals surface area (Å²) in [6.45, 7) is 2.31. The Morgan fingerprint density at radius 2 is 2.13 bits per heavy atom. The molecule has 0 aliphatic heterocycles. The van der Waals surface area contributed by atoms with Crippen LogP contribution < -0.4 is 9.47 Å². The molecule has 0 radical (unpaired) electrons. The number of alkyl halides is 1. The molecule has 0 aliphatic rings. The van der Waals surface area contributed by atoms with Crippen molar-refractivity contribution in [2.75, 3.05) is 6.86 Å². The maximum Gasteiger partial charge on any atom is 0.338 e. The Labute approximate surface area is 132 Å². The largest absolute Gasteiger partial charge is 0.471 e. The molecule has 1 aromatic heterocycles. The van der Waals surface area contributed by atoms with Crippen LogP contribution in [0.2, 0.25) is 0 Å². The standard InChI is InChI=1S/C15H17FN2O5/c1-10(2)23-15(19)11-4-3-5-13(22-9-16)12(11)8-21-14-6-7-18(20)17-14/h3-7,10,20H,8-9H2,1-2H3. The molecule has 0 bridgehead atoms. The predicted molar refractivity (Wildman–Crippen MR) is 77.3 cm³/mol. The normalized spacial score (nSPS) is 10.6. The van der Waals surface area contributed by atoms with Gasteiger partial charge in [0.1, 0.15) is 12.4 Å². The average Bonchev–Trinajstić information content (AvgIpc) is 2.91. The molecule has 0 unspecified atom stereocenters. The van der Waals surface area contributed by atoms with Crippen molar-refractivity contribution in [3.05, 3.63) is 41.6 Å². The summed E-state index contributed by atoms with van der Waals surface area (Å²) in [5, 5.41) is 12.8. The van der Waals surface area contributed by atoms with Crippen molar-refractivity contribution in [2.45, 2.75) is 26.6 Å². The Kier molecular flexibility index (Phi) is 5.40. The van der Waals surface area contributed by atoms with Crippen LogP contribution in [-0.4, -0.2) is 34.1 Å². The fraction of sp³-hybridized carbons (Fsp3) is 0.333. The topological polar surface area (TPSA) is 82.8 Å². The number of rotatable bonds is 7. The minimum Gasteiger partial charge on any atom is -0.471 e. The number of esters is 1. The molecule has 0 spiro atoms. The first-order valence-corrected chi connectivity index (χ1v) is 6.90. The summed E-state index contributed by atoms with van der Waals surface area (Å²) < 4.78 is 28.0. The van der Waals surface area contributed by atoms with Crippen LogP contribution >= 0.6 is 0 Å². The van der Waals surface area contributed by atoms with Gasteiger partial charge in [0.25, 0.3) is 0 Å².